The molecule has 29 heavy (non-hydrogen) atoms. The Balaban J connectivity index is 1.73. The lowest BCUT2D eigenvalue weighted by Crippen LogP contribution is -2.23. The fourth-order valence-electron chi connectivity index (χ4n) is 3.46. The number of ether oxygens (including phenoxy) is 1. The lowest BCUT2D eigenvalue weighted by Gasteiger charge is -2.13. The molecule has 0 unspecified atom stereocenters. The minimum Gasteiger partial charge on any atom is -0.496 e. The molecule has 0 radical (unpaired) electrons. The average Bonchev–Trinajstić information content (AvgIpc) is 3.31. The number of hydrogen-bond acceptors (Lipinski definition) is 3. The fraction of sp³-hybridized carbons (Fsp3) is 0.238. The zero-order valence-electron chi connectivity index (χ0n) is 15.3. The SMILES string of the molecule is COc1ccc(C2=CC3(C=C2c2ccc(S(=O)(=O)C(F)(F)F)cc2)CC3)cc1Br. The van der Waals surface area contributed by atoms with Crippen LogP contribution < -0.4 is 4.74 Å². The van der Waals surface area contributed by atoms with E-state index in [2.05, 4.69) is 28.1 Å². The predicted octanol–water partition coefficient (Wildman–Crippen LogP) is 6.01. The van der Waals surface area contributed by atoms with E-state index >= 15 is 0 Å². The maximum atomic E-state index is 12.8. The van der Waals surface area contributed by atoms with Gasteiger partial charge in [0.05, 0.1) is 16.5 Å². The van der Waals surface area contributed by atoms with Crippen LogP contribution in [-0.2, 0) is 9.84 Å². The van der Waals surface area contributed by atoms with E-state index in [0.29, 0.717) is 11.3 Å². The van der Waals surface area contributed by atoms with Gasteiger partial charge in [0.2, 0.25) is 0 Å². The standard InChI is InChI=1S/C21H16BrF3O3S/c1-28-19-7-4-14(10-18(19)22)17-12-20(8-9-20)11-16(17)13-2-5-15(6-3-13)29(26,27)21(23,24)25/h2-7,10-12H,8-9H2,1H3. The molecule has 2 aromatic carbocycles. The summed E-state index contributed by atoms with van der Waals surface area (Å²) in [5.41, 5.74) is -1.87. The Bertz CT molecular complexity index is 1140. The van der Waals surface area contributed by atoms with Crippen molar-refractivity contribution in [2.45, 2.75) is 23.2 Å². The maximum Gasteiger partial charge on any atom is 0.501 e. The first-order valence-corrected chi connectivity index (χ1v) is 11.1. The number of alkyl halides is 3. The van der Waals surface area contributed by atoms with Crippen LogP contribution in [0.1, 0.15) is 24.0 Å². The molecular formula is C21H16BrF3O3S. The summed E-state index contributed by atoms with van der Waals surface area (Å²) in [6.07, 6.45) is 6.32. The first-order valence-electron chi connectivity index (χ1n) is 8.78. The molecule has 0 heterocycles. The lowest BCUT2D eigenvalue weighted by molar-refractivity contribution is -0.0436. The average molecular weight is 485 g/mol. The molecule has 2 aromatic rings. The van der Waals surface area contributed by atoms with Gasteiger partial charge in [-0.3, -0.25) is 0 Å². The van der Waals surface area contributed by atoms with Crippen LogP contribution in [0.15, 0.2) is 64.0 Å². The molecule has 0 amide bonds. The molecule has 4 rings (SSSR count). The molecule has 3 nitrogen and oxygen atoms in total. The van der Waals surface area contributed by atoms with Gasteiger partial charge in [0, 0.05) is 5.41 Å². The van der Waals surface area contributed by atoms with E-state index in [1.165, 1.54) is 12.1 Å². The third kappa shape index (κ3) is 3.53. The van der Waals surface area contributed by atoms with Crippen LogP contribution in [0.5, 0.6) is 5.75 Å². The largest absolute Gasteiger partial charge is 0.501 e. The number of benzene rings is 2. The van der Waals surface area contributed by atoms with Crippen LogP contribution in [0.4, 0.5) is 13.2 Å². The summed E-state index contributed by atoms with van der Waals surface area (Å²) < 4.78 is 67.7. The molecule has 152 valence electrons. The van der Waals surface area contributed by atoms with E-state index in [9.17, 15) is 21.6 Å². The first-order chi connectivity index (χ1) is 13.6. The topological polar surface area (TPSA) is 43.4 Å². The Hall–Kier alpha value is -2.06. The predicted molar refractivity (Wildman–Crippen MR) is 108 cm³/mol. The van der Waals surface area contributed by atoms with Gasteiger partial charge in [-0.25, -0.2) is 8.42 Å². The summed E-state index contributed by atoms with van der Waals surface area (Å²) in [5.74, 6) is 0.695. The number of sulfone groups is 1. The smallest absolute Gasteiger partial charge is 0.496 e. The van der Waals surface area contributed by atoms with E-state index in [-0.39, 0.29) is 5.41 Å². The second-order valence-electron chi connectivity index (χ2n) is 7.17. The fourth-order valence-corrected chi connectivity index (χ4v) is 4.77. The van der Waals surface area contributed by atoms with Gasteiger partial charge < -0.3 is 4.74 Å². The molecular weight excluding hydrogens is 469 g/mol. The van der Waals surface area contributed by atoms with E-state index in [4.69, 9.17) is 4.74 Å². The van der Waals surface area contributed by atoms with E-state index in [1.807, 2.05) is 18.2 Å². The molecule has 1 spiro atoms. The quantitative estimate of drug-likeness (QED) is 0.533. The Morgan fingerprint density at radius 1 is 0.966 bits per heavy atom. The van der Waals surface area contributed by atoms with Gasteiger partial charge >= 0.3 is 5.51 Å². The molecule has 0 aromatic heterocycles. The Labute approximate surface area is 174 Å². The monoisotopic (exact) mass is 484 g/mol. The summed E-state index contributed by atoms with van der Waals surface area (Å²) in [6.45, 7) is 0. The molecule has 0 saturated heterocycles. The van der Waals surface area contributed by atoms with Crippen molar-refractivity contribution in [1.82, 2.24) is 0 Å². The van der Waals surface area contributed by atoms with Crippen molar-refractivity contribution < 1.29 is 26.3 Å². The summed E-state index contributed by atoms with van der Waals surface area (Å²) in [4.78, 5) is -0.758. The van der Waals surface area contributed by atoms with Crippen molar-refractivity contribution in [3.05, 3.63) is 70.2 Å². The van der Waals surface area contributed by atoms with E-state index in [1.54, 1.807) is 7.11 Å². The molecule has 1 saturated carbocycles. The number of allylic oxidation sites excluding steroid dienone is 4. The second kappa shape index (κ2) is 6.74. The molecule has 2 aliphatic rings. The van der Waals surface area contributed by atoms with Crippen molar-refractivity contribution in [1.29, 1.82) is 0 Å². The first kappa shape index (κ1) is 20.2. The highest BCUT2D eigenvalue weighted by atomic mass is 79.9. The number of methoxy groups -OCH3 is 1. The summed E-state index contributed by atoms with van der Waals surface area (Å²) in [6, 6.07) is 10.6. The van der Waals surface area contributed by atoms with Gasteiger partial charge in [-0.15, -0.1) is 0 Å². The minimum absolute atomic E-state index is 0.0201. The van der Waals surface area contributed by atoms with Crippen molar-refractivity contribution >= 4 is 36.9 Å². The van der Waals surface area contributed by atoms with Crippen LogP contribution in [-0.4, -0.2) is 21.0 Å². The van der Waals surface area contributed by atoms with Crippen LogP contribution in [0.3, 0.4) is 0 Å². The van der Waals surface area contributed by atoms with Crippen LogP contribution in [0.25, 0.3) is 11.1 Å². The van der Waals surface area contributed by atoms with Gasteiger partial charge in [0.25, 0.3) is 9.84 Å². The third-order valence-electron chi connectivity index (χ3n) is 5.22. The van der Waals surface area contributed by atoms with Crippen LogP contribution in [0, 0.1) is 5.41 Å². The highest BCUT2D eigenvalue weighted by Gasteiger charge is 2.47. The van der Waals surface area contributed by atoms with Gasteiger partial charge in [-0.1, -0.05) is 30.4 Å². The van der Waals surface area contributed by atoms with Crippen LogP contribution in [0.2, 0.25) is 0 Å². The lowest BCUT2D eigenvalue weighted by atomic mass is 9.95. The molecule has 1 fully saturated rings. The minimum atomic E-state index is -5.36. The summed E-state index contributed by atoms with van der Waals surface area (Å²) in [7, 11) is -3.78. The molecule has 8 heteroatoms. The Morgan fingerprint density at radius 2 is 1.52 bits per heavy atom. The van der Waals surface area contributed by atoms with Gasteiger partial charge in [-0.05, 0) is 75.3 Å². The molecule has 0 aliphatic heterocycles. The summed E-state index contributed by atoms with van der Waals surface area (Å²) >= 11 is 3.48. The highest BCUT2D eigenvalue weighted by Crippen LogP contribution is 2.58. The number of halogens is 4. The zero-order valence-corrected chi connectivity index (χ0v) is 17.7. The van der Waals surface area contributed by atoms with E-state index in [0.717, 1.165) is 46.2 Å². The Kier molecular flexibility index (Phi) is 4.70. The van der Waals surface area contributed by atoms with E-state index < -0.39 is 20.2 Å². The van der Waals surface area contributed by atoms with Crippen molar-refractivity contribution in [2.75, 3.05) is 7.11 Å². The zero-order chi connectivity index (χ0) is 21.0. The Morgan fingerprint density at radius 3 is 2.00 bits per heavy atom. The van der Waals surface area contributed by atoms with Crippen molar-refractivity contribution in [2.24, 2.45) is 5.41 Å². The molecule has 2 aliphatic carbocycles. The van der Waals surface area contributed by atoms with Gasteiger partial charge in [0.1, 0.15) is 5.75 Å². The highest BCUT2D eigenvalue weighted by molar-refractivity contribution is 9.10. The molecule has 0 N–H and O–H groups in total. The normalized spacial score (nSPS) is 17.8. The maximum absolute atomic E-state index is 12.8. The van der Waals surface area contributed by atoms with Gasteiger partial charge in [-0.2, -0.15) is 13.2 Å². The second-order valence-corrected chi connectivity index (χ2v) is 9.97. The van der Waals surface area contributed by atoms with Crippen LogP contribution >= 0.6 is 15.9 Å². The summed E-state index contributed by atoms with van der Waals surface area (Å²) in [5, 5.41) is 0. The molecule has 0 atom stereocenters. The third-order valence-corrected chi connectivity index (χ3v) is 7.35. The van der Waals surface area contributed by atoms with Gasteiger partial charge in [0.15, 0.2) is 0 Å². The number of hydrogen-bond donors (Lipinski definition) is 0. The number of rotatable bonds is 4. The molecule has 0 bridgehead atoms. The van der Waals surface area contributed by atoms with Crippen molar-refractivity contribution in [3.8, 4) is 5.75 Å². The van der Waals surface area contributed by atoms with Crippen molar-refractivity contribution in [3.63, 3.8) is 0 Å².